The number of aryl methyl sites for hydroxylation is 1. The van der Waals surface area contributed by atoms with E-state index in [-0.39, 0.29) is 23.9 Å². The third-order valence-corrected chi connectivity index (χ3v) is 5.77. The summed E-state index contributed by atoms with van der Waals surface area (Å²) in [5.74, 6) is -0.257. The van der Waals surface area contributed by atoms with Crippen LogP contribution in [0.4, 0.5) is 11.4 Å². The van der Waals surface area contributed by atoms with Crippen LogP contribution in [0.2, 0.25) is 10.0 Å². The SMILES string of the molecule is Cc1ccccc1N(CCCC(=O)Nc1cccc(Cl)c1Cl)S(C)(=O)=O. The Morgan fingerprint density at radius 3 is 2.46 bits per heavy atom. The van der Waals surface area contributed by atoms with E-state index in [1.165, 1.54) is 4.31 Å². The molecule has 2 rings (SSSR count). The van der Waals surface area contributed by atoms with Gasteiger partial charge in [0, 0.05) is 13.0 Å². The summed E-state index contributed by atoms with van der Waals surface area (Å²) in [4.78, 5) is 12.1. The normalized spacial score (nSPS) is 11.2. The lowest BCUT2D eigenvalue weighted by Crippen LogP contribution is -2.32. The highest BCUT2D eigenvalue weighted by atomic mass is 35.5. The van der Waals surface area contributed by atoms with Crippen LogP contribution in [-0.2, 0) is 14.8 Å². The van der Waals surface area contributed by atoms with Crippen molar-refractivity contribution in [2.75, 3.05) is 22.4 Å². The van der Waals surface area contributed by atoms with Gasteiger partial charge in [0.1, 0.15) is 0 Å². The molecule has 0 aromatic heterocycles. The van der Waals surface area contributed by atoms with Crippen LogP contribution in [0, 0.1) is 6.92 Å². The quantitative estimate of drug-likeness (QED) is 0.725. The minimum atomic E-state index is -3.45. The van der Waals surface area contributed by atoms with Gasteiger partial charge in [0.15, 0.2) is 0 Å². The molecular formula is C18H20Cl2N2O3S. The summed E-state index contributed by atoms with van der Waals surface area (Å²) in [5, 5.41) is 3.32. The lowest BCUT2D eigenvalue weighted by molar-refractivity contribution is -0.116. The van der Waals surface area contributed by atoms with Crippen molar-refractivity contribution in [2.45, 2.75) is 19.8 Å². The van der Waals surface area contributed by atoms with Gasteiger partial charge in [-0.05, 0) is 37.1 Å². The minimum absolute atomic E-state index is 0.154. The van der Waals surface area contributed by atoms with Crippen LogP contribution >= 0.6 is 23.2 Å². The predicted molar refractivity (Wildman–Crippen MR) is 108 cm³/mol. The molecule has 8 heteroatoms. The first-order valence-electron chi connectivity index (χ1n) is 7.97. The molecule has 0 heterocycles. The molecule has 0 saturated carbocycles. The van der Waals surface area contributed by atoms with E-state index in [1.807, 2.05) is 19.1 Å². The van der Waals surface area contributed by atoms with Crippen molar-refractivity contribution < 1.29 is 13.2 Å². The van der Waals surface area contributed by atoms with Crippen molar-refractivity contribution in [1.82, 2.24) is 0 Å². The zero-order chi connectivity index (χ0) is 19.3. The maximum absolute atomic E-state index is 12.1. The van der Waals surface area contributed by atoms with Gasteiger partial charge in [-0.1, -0.05) is 47.5 Å². The second-order valence-electron chi connectivity index (χ2n) is 5.87. The molecule has 2 aromatic carbocycles. The van der Waals surface area contributed by atoms with Gasteiger partial charge in [-0.3, -0.25) is 9.10 Å². The standard InChI is InChI=1S/C18H20Cl2N2O3S/c1-13-7-3-4-10-16(13)22(26(2,24)25)12-6-11-17(23)21-15-9-5-8-14(19)18(15)20/h3-5,7-10H,6,11-12H2,1-2H3,(H,21,23). The van der Waals surface area contributed by atoms with E-state index in [9.17, 15) is 13.2 Å². The molecule has 1 amide bonds. The molecule has 0 unspecified atom stereocenters. The van der Waals surface area contributed by atoms with Crippen LogP contribution in [-0.4, -0.2) is 27.1 Å². The van der Waals surface area contributed by atoms with Gasteiger partial charge in [0.05, 0.1) is 27.7 Å². The van der Waals surface area contributed by atoms with Crippen molar-refractivity contribution in [3.8, 4) is 0 Å². The van der Waals surface area contributed by atoms with E-state index < -0.39 is 10.0 Å². The molecular weight excluding hydrogens is 395 g/mol. The number of rotatable bonds is 7. The number of para-hydroxylation sites is 1. The van der Waals surface area contributed by atoms with Crippen LogP contribution < -0.4 is 9.62 Å². The largest absolute Gasteiger partial charge is 0.325 e. The fourth-order valence-electron chi connectivity index (χ4n) is 2.50. The van der Waals surface area contributed by atoms with Crippen molar-refractivity contribution in [3.63, 3.8) is 0 Å². The highest BCUT2D eigenvalue weighted by Gasteiger charge is 2.19. The number of amides is 1. The average Bonchev–Trinajstić information content (AvgIpc) is 2.56. The Labute approximate surface area is 164 Å². The van der Waals surface area contributed by atoms with Crippen LogP contribution in [0.25, 0.3) is 0 Å². The molecule has 26 heavy (non-hydrogen) atoms. The molecule has 0 fully saturated rings. The van der Waals surface area contributed by atoms with E-state index in [4.69, 9.17) is 23.2 Å². The Bertz CT molecular complexity index is 901. The molecule has 0 bridgehead atoms. The third-order valence-electron chi connectivity index (χ3n) is 3.78. The predicted octanol–water partition coefficient (Wildman–Crippen LogP) is 4.49. The molecule has 1 N–H and O–H groups in total. The average molecular weight is 415 g/mol. The topological polar surface area (TPSA) is 66.5 Å². The van der Waals surface area contributed by atoms with E-state index in [0.717, 1.165) is 11.8 Å². The summed E-state index contributed by atoms with van der Waals surface area (Å²) in [6.07, 6.45) is 1.68. The number of carbonyl (C=O) groups excluding carboxylic acids is 1. The summed E-state index contributed by atoms with van der Waals surface area (Å²) in [5.41, 5.74) is 1.91. The Balaban J connectivity index is 2.01. The molecule has 0 spiro atoms. The summed E-state index contributed by atoms with van der Waals surface area (Å²) >= 11 is 12.0. The van der Waals surface area contributed by atoms with Crippen molar-refractivity contribution in [3.05, 3.63) is 58.1 Å². The monoisotopic (exact) mass is 414 g/mol. The molecule has 0 aliphatic heterocycles. The van der Waals surface area contributed by atoms with Crippen molar-refractivity contribution >= 4 is 50.5 Å². The Morgan fingerprint density at radius 1 is 1.12 bits per heavy atom. The van der Waals surface area contributed by atoms with Crippen molar-refractivity contribution in [1.29, 1.82) is 0 Å². The fourth-order valence-corrected chi connectivity index (χ4v) is 3.88. The smallest absolute Gasteiger partial charge is 0.232 e. The minimum Gasteiger partial charge on any atom is -0.325 e. The molecule has 0 radical (unpaired) electrons. The summed E-state index contributed by atoms with van der Waals surface area (Å²) < 4.78 is 25.6. The number of benzene rings is 2. The molecule has 5 nitrogen and oxygen atoms in total. The second-order valence-corrected chi connectivity index (χ2v) is 8.57. The highest BCUT2D eigenvalue weighted by molar-refractivity contribution is 7.92. The number of sulfonamides is 1. The van der Waals surface area contributed by atoms with Crippen molar-refractivity contribution in [2.24, 2.45) is 0 Å². The number of halogens is 2. The maximum Gasteiger partial charge on any atom is 0.232 e. The van der Waals surface area contributed by atoms with E-state index in [2.05, 4.69) is 5.32 Å². The number of nitrogens with zero attached hydrogens (tertiary/aromatic N) is 1. The number of nitrogens with one attached hydrogen (secondary N) is 1. The number of anilines is 2. The molecule has 0 aliphatic carbocycles. The first kappa shape index (κ1) is 20.6. The molecule has 140 valence electrons. The van der Waals surface area contributed by atoms with Gasteiger partial charge in [0.2, 0.25) is 15.9 Å². The Kier molecular flexibility index (Phi) is 6.92. The summed E-state index contributed by atoms with van der Waals surface area (Å²) in [6, 6.07) is 12.2. The fraction of sp³-hybridized carbons (Fsp3) is 0.278. The lowest BCUT2D eigenvalue weighted by Gasteiger charge is -2.24. The van der Waals surface area contributed by atoms with Gasteiger partial charge >= 0.3 is 0 Å². The van der Waals surface area contributed by atoms with E-state index in [1.54, 1.807) is 30.3 Å². The van der Waals surface area contributed by atoms with Crippen LogP contribution in [0.1, 0.15) is 18.4 Å². The molecule has 0 saturated heterocycles. The van der Waals surface area contributed by atoms with Gasteiger partial charge in [-0.2, -0.15) is 0 Å². The molecule has 2 aromatic rings. The second kappa shape index (κ2) is 8.75. The summed E-state index contributed by atoms with van der Waals surface area (Å²) in [7, 11) is -3.45. The van der Waals surface area contributed by atoms with Gasteiger partial charge in [0.25, 0.3) is 0 Å². The lowest BCUT2D eigenvalue weighted by atomic mass is 10.2. The van der Waals surface area contributed by atoms with E-state index >= 15 is 0 Å². The molecule has 0 atom stereocenters. The highest BCUT2D eigenvalue weighted by Crippen LogP contribution is 2.29. The Hall–Kier alpha value is -1.76. The Morgan fingerprint density at radius 2 is 1.81 bits per heavy atom. The van der Waals surface area contributed by atoms with Crippen LogP contribution in [0.3, 0.4) is 0 Å². The third kappa shape index (κ3) is 5.37. The van der Waals surface area contributed by atoms with Gasteiger partial charge < -0.3 is 5.32 Å². The number of carbonyl (C=O) groups is 1. The number of hydrogen-bond donors (Lipinski definition) is 1. The molecule has 0 aliphatic rings. The first-order chi connectivity index (χ1) is 12.2. The van der Waals surface area contributed by atoms with Gasteiger partial charge in [-0.15, -0.1) is 0 Å². The zero-order valence-electron chi connectivity index (χ0n) is 14.5. The van der Waals surface area contributed by atoms with Crippen LogP contribution in [0.5, 0.6) is 0 Å². The van der Waals surface area contributed by atoms with Gasteiger partial charge in [-0.25, -0.2) is 8.42 Å². The maximum atomic E-state index is 12.1. The summed E-state index contributed by atoms with van der Waals surface area (Å²) in [6.45, 7) is 2.06. The van der Waals surface area contributed by atoms with Crippen LogP contribution in [0.15, 0.2) is 42.5 Å². The van der Waals surface area contributed by atoms with E-state index in [0.29, 0.717) is 22.8 Å². The number of hydrogen-bond acceptors (Lipinski definition) is 3. The first-order valence-corrected chi connectivity index (χ1v) is 10.6. The zero-order valence-corrected chi connectivity index (χ0v) is 16.8.